The second-order valence-corrected chi connectivity index (χ2v) is 7.75. The van der Waals surface area contributed by atoms with Crippen LogP contribution in [-0.4, -0.2) is 34.3 Å². The van der Waals surface area contributed by atoms with Gasteiger partial charge in [0.2, 0.25) is 0 Å². The Morgan fingerprint density at radius 2 is 1.97 bits per heavy atom. The third-order valence-corrected chi connectivity index (χ3v) is 5.56. The third kappa shape index (κ3) is 4.56. The molecular weight excluding hydrogens is 411 g/mol. The zero-order chi connectivity index (χ0) is 22.2. The summed E-state index contributed by atoms with van der Waals surface area (Å²) in [6, 6.07) is 5.14. The number of halogens is 3. The quantitative estimate of drug-likeness (QED) is 0.655. The molecule has 164 valence electrons. The minimum absolute atomic E-state index is 0.0176. The van der Waals surface area contributed by atoms with Crippen molar-refractivity contribution in [1.29, 1.82) is 0 Å². The number of nitrogens with zero attached hydrogens (tertiary/aromatic N) is 2. The number of ether oxygens (including phenoxy) is 2. The first kappa shape index (κ1) is 21.3. The summed E-state index contributed by atoms with van der Waals surface area (Å²) in [7, 11) is 0. The molecule has 1 atom stereocenters. The molecule has 1 fully saturated rings. The van der Waals surface area contributed by atoms with E-state index in [1.807, 2.05) is 6.92 Å². The molecule has 3 aromatic rings. The Morgan fingerprint density at radius 3 is 2.68 bits per heavy atom. The molecule has 0 spiro atoms. The molecule has 0 bridgehead atoms. The molecule has 0 radical (unpaired) electrons. The Labute approximate surface area is 176 Å². The van der Waals surface area contributed by atoms with E-state index in [0.717, 1.165) is 31.2 Å². The molecule has 31 heavy (non-hydrogen) atoms. The first-order valence-electron chi connectivity index (χ1n) is 10.0. The molecule has 1 aliphatic rings. The molecule has 1 saturated heterocycles. The normalized spacial score (nSPS) is 16.4. The summed E-state index contributed by atoms with van der Waals surface area (Å²) in [4.78, 5) is 23.6. The van der Waals surface area contributed by atoms with Crippen molar-refractivity contribution < 1.29 is 22.6 Å². The monoisotopic (exact) mass is 433 g/mol. The second-order valence-electron chi connectivity index (χ2n) is 7.75. The van der Waals surface area contributed by atoms with Gasteiger partial charge in [-0.3, -0.25) is 9.78 Å². The maximum atomic E-state index is 13.0. The highest BCUT2D eigenvalue weighted by molar-refractivity contribution is 5.83. The number of alkyl halides is 3. The van der Waals surface area contributed by atoms with Crippen molar-refractivity contribution in [3.63, 3.8) is 0 Å². The van der Waals surface area contributed by atoms with Crippen LogP contribution in [0.4, 0.5) is 13.2 Å². The lowest BCUT2D eigenvalue weighted by atomic mass is 9.95. The molecule has 4 rings (SSSR count). The molecule has 1 aliphatic heterocycles. The number of aromatic amines is 1. The van der Waals surface area contributed by atoms with Crippen molar-refractivity contribution in [2.45, 2.75) is 39.0 Å². The number of benzene rings is 1. The number of hydrogen-bond acceptors (Lipinski definition) is 5. The van der Waals surface area contributed by atoms with E-state index >= 15 is 0 Å². The van der Waals surface area contributed by atoms with E-state index in [1.165, 1.54) is 0 Å². The van der Waals surface area contributed by atoms with Crippen molar-refractivity contribution >= 4 is 10.9 Å². The molecular formula is C22H22F3N3O3. The van der Waals surface area contributed by atoms with Gasteiger partial charge in [-0.25, -0.2) is 4.98 Å². The minimum Gasteiger partial charge on any atom is -0.490 e. The zero-order valence-corrected chi connectivity index (χ0v) is 17.1. The molecule has 9 heteroatoms. The largest absolute Gasteiger partial charge is 0.490 e. The Bertz CT molecular complexity index is 1150. The minimum atomic E-state index is -4.52. The van der Waals surface area contributed by atoms with Crippen LogP contribution in [0.5, 0.6) is 5.75 Å². The maximum Gasteiger partial charge on any atom is 0.416 e. The van der Waals surface area contributed by atoms with Crippen LogP contribution in [0, 0.1) is 12.8 Å². The van der Waals surface area contributed by atoms with Crippen LogP contribution in [0.3, 0.4) is 0 Å². The predicted molar refractivity (Wildman–Crippen MR) is 109 cm³/mol. The molecule has 1 N–H and O–H groups in total. The summed E-state index contributed by atoms with van der Waals surface area (Å²) in [6.45, 7) is 5.21. The SMILES string of the molecule is Cc1cc(OC(C)C2CCOCC2)cc2c(=O)[nH]c(-c3cc(C(F)(F)F)ccn3)nc12. The summed E-state index contributed by atoms with van der Waals surface area (Å²) < 4.78 is 50.5. The number of H-pyrrole nitrogens is 1. The number of rotatable bonds is 4. The molecule has 0 aliphatic carbocycles. The summed E-state index contributed by atoms with van der Waals surface area (Å²) in [5.74, 6) is 0.910. The fraction of sp³-hybridized carbons (Fsp3) is 0.409. The highest BCUT2D eigenvalue weighted by Gasteiger charge is 2.31. The molecule has 3 heterocycles. The second kappa shape index (κ2) is 8.30. The van der Waals surface area contributed by atoms with E-state index in [9.17, 15) is 18.0 Å². The standard InChI is InChI=1S/C22H22F3N3O3/c1-12-9-16(31-13(2)14-4-7-30-8-5-14)11-17-19(12)27-20(28-21(17)29)18-10-15(3-6-26-18)22(23,24)25/h3,6,9-11,13-14H,4-5,7-8H2,1-2H3,(H,27,28,29). The van der Waals surface area contributed by atoms with Gasteiger partial charge in [0.1, 0.15) is 11.4 Å². The summed E-state index contributed by atoms with van der Waals surface area (Å²) in [6.07, 6.45) is -1.67. The van der Waals surface area contributed by atoms with Gasteiger partial charge in [-0.2, -0.15) is 13.2 Å². The number of hydrogen-bond donors (Lipinski definition) is 1. The van der Waals surface area contributed by atoms with E-state index in [2.05, 4.69) is 15.0 Å². The van der Waals surface area contributed by atoms with Crippen LogP contribution >= 0.6 is 0 Å². The van der Waals surface area contributed by atoms with E-state index in [-0.39, 0.29) is 17.6 Å². The van der Waals surface area contributed by atoms with Gasteiger partial charge in [-0.1, -0.05) is 0 Å². The number of fused-ring (bicyclic) bond motifs is 1. The number of aryl methyl sites for hydroxylation is 1. The van der Waals surface area contributed by atoms with Crippen LogP contribution in [0.25, 0.3) is 22.4 Å². The van der Waals surface area contributed by atoms with Crippen LogP contribution in [0.1, 0.15) is 30.9 Å². The smallest absolute Gasteiger partial charge is 0.416 e. The van der Waals surface area contributed by atoms with Crippen LogP contribution in [0.15, 0.2) is 35.3 Å². The van der Waals surface area contributed by atoms with Crippen LogP contribution in [0.2, 0.25) is 0 Å². The van der Waals surface area contributed by atoms with E-state index in [0.29, 0.717) is 41.3 Å². The summed E-state index contributed by atoms with van der Waals surface area (Å²) in [5.41, 5.74) is -0.300. The van der Waals surface area contributed by atoms with Gasteiger partial charge in [-0.15, -0.1) is 0 Å². The molecule has 1 unspecified atom stereocenters. The fourth-order valence-corrected chi connectivity index (χ4v) is 3.80. The van der Waals surface area contributed by atoms with Gasteiger partial charge in [0.15, 0.2) is 5.82 Å². The first-order chi connectivity index (χ1) is 14.7. The average Bonchev–Trinajstić information content (AvgIpc) is 2.74. The number of nitrogens with one attached hydrogen (secondary N) is 1. The molecule has 0 saturated carbocycles. The van der Waals surface area contributed by atoms with Gasteiger partial charge in [0, 0.05) is 19.4 Å². The molecule has 6 nitrogen and oxygen atoms in total. The van der Waals surface area contributed by atoms with Gasteiger partial charge in [0.25, 0.3) is 5.56 Å². The first-order valence-corrected chi connectivity index (χ1v) is 10.0. The average molecular weight is 433 g/mol. The Hall–Kier alpha value is -2.94. The fourth-order valence-electron chi connectivity index (χ4n) is 3.80. The topological polar surface area (TPSA) is 77.1 Å². The van der Waals surface area contributed by atoms with E-state index < -0.39 is 17.3 Å². The lowest BCUT2D eigenvalue weighted by Crippen LogP contribution is -2.29. The lowest BCUT2D eigenvalue weighted by Gasteiger charge is -2.28. The van der Waals surface area contributed by atoms with Gasteiger partial charge in [-0.05, 0) is 62.4 Å². The van der Waals surface area contributed by atoms with Gasteiger partial charge < -0.3 is 14.5 Å². The van der Waals surface area contributed by atoms with E-state index in [1.54, 1.807) is 19.1 Å². The van der Waals surface area contributed by atoms with Crippen molar-refractivity contribution in [2.24, 2.45) is 5.92 Å². The van der Waals surface area contributed by atoms with Crippen molar-refractivity contribution in [1.82, 2.24) is 15.0 Å². The van der Waals surface area contributed by atoms with Crippen molar-refractivity contribution in [3.05, 3.63) is 51.9 Å². The van der Waals surface area contributed by atoms with E-state index in [4.69, 9.17) is 9.47 Å². The summed E-state index contributed by atoms with van der Waals surface area (Å²) in [5, 5.41) is 0.310. The van der Waals surface area contributed by atoms with Gasteiger partial charge in [0.05, 0.1) is 22.6 Å². The Morgan fingerprint density at radius 1 is 1.23 bits per heavy atom. The van der Waals surface area contributed by atoms with Crippen molar-refractivity contribution in [2.75, 3.05) is 13.2 Å². The highest BCUT2D eigenvalue weighted by atomic mass is 19.4. The zero-order valence-electron chi connectivity index (χ0n) is 17.1. The number of pyridine rings is 1. The van der Waals surface area contributed by atoms with Crippen LogP contribution in [-0.2, 0) is 10.9 Å². The predicted octanol–water partition coefficient (Wildman–Crippen LogP) is 4.51. The summed E-state index contributed by atoms with van der Waals surface area (Å²) >= 11 is 0. The van der Waals surface area contributed by atoms with Crippen LogP contribution < -0.4 is 10.3 Å². The van der Waals surface area contributed by atoms with Crippen molar-refractivity contribution in [3.8, 4) is 17.3 Å². The lowest BCUT2D eigenvalue weighted by molar-refractivity contribution is -0.137. The molecule has 2 aromatic heterocycles. The Kier molecular flexibility index (Phi) is 5.70. The van der Waals surface area contributed by atoms with Gasteiger partial charge >= 0.3 is 6.18 Å². The third-order valence-electron chi connectivity index (χ3n) is 5.56. The number of aromatic nitrogens is 3. The Balaban J connectivity index is 1.68. The molecule has 0 amide bonds. The maximum absolute atomic E-state index is 13.0. The highest BCUT2D eigenvalue weighted by Crippen LogP contribution is 2.31. The molecule has 1 aromatic carbocycles.